The number of nitrogens with one attached hydrogen (secondary N) is 3. The molecule has 2 heterocycles. The van der Waals surface area contributed by atoms with E-state index in [1.165, 1.54) is 34.9 Å². The highest BCUT2D eigenvalue weighted by Gasteiger charge is 2.28. The second kappa shape index (κ2) is 14.5. The van der Waals surface area contributed by atoms with Crippen molar-refractivity contribution in [1.29, 1.82) is 0 Å². The van der Waals surface area contributed by atoms with Gasteiger partial charge in [0.15, 0.2) is 0 Å². The number of sulfonamides is 1. The second-order valence-electron chi connectivity index (χ2n) is 9.91. The minimum absolute atomic E-state index is 0. The molecule has 0 unspecified atom stereocenters. The van der Waals surface area contributed by atoms with Crippen molar-refractivity contribution in [2.45, 2.75) is 76.5 Å². The lowest BCUT2D eigenvalue weighted by molar-refractivity contribution is 0.0821. The van der Waals surface area contributed by atoms with Gasteiger partial charge in [0, 0.05) is 54.9 Å². The summed E-state index contributed by atoms with van der Waals surface area (Å²) in [4.78, 5) is 17.8. The van der Waals surface area contributed by atoms with Crippen molar-refractivity contribution in [3.05, 3.63) is 40.3 Å². The van der Waals surface area contributed by atoms with E-state index in [1.807, 2.05) is 12.3 Å². The second-order valence-corrected chi connectivity index (χ2v) is 12.9. The molecule has 1 aromatic carbocycles. The van der Waals surface area contributed by atoms with Gasteiger partial charge in [-0.2, -0.15) is 0 Å². The van der Waals surface area contributed by atoms with E-state index in [9.17, 15) is 18.3 Å². The van der Waals surface area contributed by atoms with Crippen molar-refractivity contribution in [1.82, 2.24) is 15.6 Å². The number of rotatable bonds is 11. The summed E-state index contributed by atoms with van der Waals surface area (Å²) in [6.45, 7) is 3.37. The van der Waals surface area contributed by atoms with Gasteiger partial charge >= 0.3 is 0 Å². The smallest absolute Gasteiger partial charge is 0.251 e. The van der Waals surface area contributed by atoms with Crippen molar-refractivity contribution < 1.29 is 18.3 Å². The molecule has 1 aliphatic carbocycles. The van der Waals surface area contributed by atoms with Crippen LogP contribution in [0.4, 0.5) is 11.4 Å². The quantitative estimate of drug-likeness (QED) is 0.318. The van der Waals surface area contributed by atoms with Gasteiger partial charge in [-0.15, -0.1) is 23.7 Å². The normalized spacial score (nSPS) is 19.3. The molecule has 12 heteroatoms. The highest BCUT2D eigenvalue weighted by Crippen LogP contribution is 2.28. The van der Waals surface area contributed by atoms with E-state index in [0.717, 1.165) is 24.3 Å². The van der Waals surface area contributed by atoms with Gasteiger partial charge in [0.25, 0.3) is 5.91 Å². The number of aliphatic hydroxyl groups is 1. The largest absolute Gasteiger partial charge is 0.390 e. The molecule has 0 spiro atoms. The van der Waals surface area contributed by atoms with Crippen LogP contribution in [0.25, 0.3) is 0 Å². The Morgan fingerprint density at radius 2 is 1.97 bits per heavy atom. The molecule has 1 aliphatic heterocycles. The minimum atomic E-state index is -3.42. The predicted octanol–water partition coefficient (Wildman–Crippen LogP) is 3.55. The molecule has 4 rings (SSSR count). The Hall–Kier alpha value is -1.92. The molecule has 38 heavy (non-hydrogen) atoms. The fourth-order valence-corrected chi connectivity index (χ4v) is 7.38. The molecule has 1 aromatic heterocycles. The average Bonchev–Trinajstić information content (AvgIpc) is 3.40. The maximum Gasteiger partial charge on any atom is 0.251 e. The van der Waals surface area contributed by atoms with E-state index in [1.54, 1.807) is 24.4 Å². The molecule has 212 valence electrons. The summed E-state index contributed by atoms with van der Waals surface area (Å²) in [6, 6.07) is 4.99. The lowest BCUT2D eigenvalue weighted by Crippen LogP contribution is -2.50. The Balaban J connectivity index is 0.00000400. The van der Waals surface area contributed by atoms with Crippen LogP contribution in [0, 0.1) is 0 Å². The number of anilines is 2. The van der Waals surface area contributed by atoms with Crippen LogP contribution in [0.5, 0.6) is 0 Å². The van der Waals surface area contributed by atoms with Crippen LogP contribution in [-0.4, -0.2) is 68.0 Å². The van der Waals surface area contributed by atoms with Gasteiger partial charge in [0.1, 0.15) is 0 Å². The van der Waals surface area contributed by atoms with Gasteiger partial charge in [-0.3, -0.25) is 9.10 Å². The SMILES string of the molecule is CCNc1cc(C(=O)N[C@@H](Cc2nccs2)[C@H](O)CNC2CCCCC2)cc(N2CCCCS2(=O)=O)c1.Cl. The summed E-state index contributed by atoms with van der Waals surface area (Å²) in [5, 5.41) is 23.5. The number of aliphatic hydroxyl groups excluding tert-OH is 1. The molecule has 0 radical (unpaired) electrons. The summed E-state index contributed by atoms with van der Waals surface area (Å²) in [5.74, 6) is -0.246. The van der Waals surface area contributed by atoms with Crippen LogP contribution in [0.3, 0.4) is 0 Å². The van der Waals surface area contributed by atoms with E-state index in [2.05, 4.69) is 20.9 Å². The van der Waals surface area contributed by atoms with Crippen LogP contribution in [-0.2, 0) is 16.4 Å². The third-order valence-electron chi connectivity index (χ3n) is 7.08. The van der Waals surface area contributed by atoms with E-state index < -0.39 is 22.2 Å². The molecule has 2 fully saturated rings. The van der Waals surface area contributed by atoms with E-state index in [-0.39, 0.29) is 24.1 Å². The molecule has 0 bridgehead atoms. The highest BCUT2D eigenvalue weighted by atomic mass is 35.5. The number of carbonyl (C=O) groups excluding carboxylic acids is 1. The Bertz CT molecular complexity index is 1130. The van der Waals surface area contributed by atoms with Crippen LogP contribution in [0.1, 0.15) is 67.2 Å². The van der Waals surface area contributed by atoms with Gasteiger partial charge < -0.3 is 21.1 Å². The zero-order chi connectivity index (χ0) is 26.3. The molecule has 2 aliphatic rings. The fraction of sp³-hybridized carbons (Fsp3) is 0.615. The van der Waals surface area contributed by atoms with Crippen LogP contribution in [0.15, 0.2) is 29.8 Å². The maximum absolute atomic E-state index is 13.5. The Kier molecular flexibility index (Phi) is 11.7. The first kappa shape index (κ1) is 30.6. The first-order valence-electron chi connectivity index (χ1n) is 13.4. The van der Waals surface area contributed by atoms with Crippen molar-refractivity contribution in [3.8, 4) is 0 Å². The minimum Gasteiger partial charge on any atom is -0.390 e. The van der Waals surface area contributed by atoms with Gasteiger partial charge in [0.2, 0.25) is 10.0 Å². The number of benzene rings is 1. The topological polar surface area (TPSA) is 124 Å². The number of nitrogens with zero attached hydrogens (tertiary/aromatic N) is 2. The molecule has 2 aromatic rings. The molecular formula is C26H40ClN5O4S2. The van der Waals surface area contributed by atoms with Crippen molar-refractivity contribution in [2.24, 2.45) is 0 Å². The lowest BCUT2D eigenvalue weighted by atomic mass is 9.95. The lowest BCUT2D eigenvalue weighted by Gasteiger charge is -2.30. The monoisotopic (exact) mass is 585 g/mol. The summed E-state index contributed by atoms with van der Waals surface area (Å²) in [7, 11) is -3.42. The van der Waals surface area contributed by atoms with Crippen molar-refractivity contribution in [2.75, 3.05) is 35.0 Å². The van der Waals surface area contributed by atoms with E-state index in [4.69, 9.17) is 0 Å². The highest BCUT2D eigenvalue weighted by molar-refractivity contribution is 7.92. The van der Waals surface area contributed by atoms with Crippen LogP contribution >= 0.6 is 23.7 Å². The number of thiazole rings is 1. The Morgan fingerprint density at radius 1 is 1.18 bits per heavy atom. The Labute approximate surface area is 236 Å². The summed E-state index contributed by atoms with van der Waals surface area (Å²) < 4.78 is 26.9. The van der Waals surface area contributed by atoms with Crippen LogP contribution in [0.2, 0.25) is 0 Å². The summed E-state index contributed by atoms with van der Waals surface area (Å²) in [5.41, 5.74) is 1.52. The zero-order valence-electron chi connectivity index (χ0n) is 21.9. The molecule has 1 saturated heterocycles. The summed E-state index contributed by atoms with van der Waals surface area (Å²) in [6.07, 6.45) is 8.63. The number of aromatic nitrogens is 1. The first-order valence-corrected chi connectivity index (χ1v) is 15.8. The average molecular weight is 586 g/mol. The number of halogens is 1. The molecular weight excluding hydrogens is 546 g/mol. The molecule has 1 saturated carbocycles. The van der Waals surface area contributed by atoms with Gasteiger partial charge in [-0.05, 0) is 50.8 Å². The van der Waals surface area contributed by atoms with Gasteiger partial charge in [-0.1, -0.05) is 19.3 Å². The number of hydrogen-bond donors (Lipinski definition) is 4. The van der Waals surface area contributed by atoms with Gasteiger partial charge in [-0.25, -0.2) is 13.4 Å². The molecule has 1 amide bonds. The molecule has 2 atom stereocenters. The molecule has 9 nitrogen and oxygen atoms in total. The Morgan fingerprint density at radius 3 is 2.66 bits per heavy atom. The standard InChI is InChI=1S/C26H39N5O4S2.ClH/c1-2-27-21-14-19(15-22(16-21)31-11-6-7-13-37(31,34)35)26(33)30-23(17-25-28-10-12-36-25)24(32)18-29-20-8-4-3-5-9-20;/h10,12,14-16,20,23-24,27,29,32H,2-9,11,13,17-18H2,1H3,(H,30,33);1H/t23-,24+;/m0./s1. The number of carbonyl (C=O) groups is 1. The third kappa shape index (κ3) is 8.29. The maximum atomic E-state index is 13.5. The fourth-order valence-electron chi connectivity index (χ4n) is 5.08. The zero-order valence-corrected chi connectivity index (χ0v) is 24.3. The molecule has 4 N–H and O–H groups in total. The van der Waals surface area contributed by atoms with Gasteiger partial charge in [0.05, 0.1) is 28.6 Å². The first-order chi connectivity index (χ1) is 17.9. The van der Waals surface area contributed by atoms with E-state index >= 15 is 0 Å². The number of hydrogen-bond acceptors (Lipinski definition) is 8. The third-order valence-corrected chi connectivity index (χ3v) is 9.75. The number of amides is 1. The van der Waals surface area contributed by atoms with E-state index in [0.29, 0.717) is 55.5 Å². The predicted molar refractivity (Wildman–Crippen MR) is 156 cm³/mol. The van der Waals surface area contributed by atoms with Crippen molar-refractivity contribution >= 4 is 51.0 Å². The summed E-state index contributed by atoms with van der Waals surface area (Å²) >= 11 is 1.49. The van der Waals surface area contributed by atoms with Crippen molar-refractivity contribution in [3.63, 3.8) is 0 Å². The van der Waals surface area contributed by atoms with Crippen LogP contribution < -0.4 is 20.3 Å².